The number of rotatable bonds is 6. The van der Waals surface area contributed by atoms with Gasteiger partial charge in [0.15, 0.2) is 17.3 Å². The van der Waals surface area contributed by atoms with Gasteiger partial charge < -0.3 is 9.84 Å². The zero-order valence-electron chi connectivity index (χ0n) is 16.4. The zero-order valence-corrected chi connectivity index (χ0v) is 17.2. The molecule has 152 valence electrons. The third-order valence-electron chi connectivity index (χ3n) is 4.41. The molecule has 4 aromatic rings. The summed E-state index contributed by atoms with van der Waals surface area (Å²) in [6, 6.07) is 10.9. The van der Waals surface area contributed by atoms with E-state index in [4.69, 9.17) is 16.1 Å². The van der Waals surface area contributed by atoms with Crippen LogP contribution in [0.1, 0.15) is 37.0 Å². The minimum Gasteiger partial charge on any atom is -0.345 e. The SMILES string of the molecule is CC(C)c1noc(-c2cccn3c(CNC(=O)C=Cc4ccc(Cl)cc4)nnc23)n1. The number of pyridine rings is 1. The van der Waals surface area contributed by atoms with E-state index >= 15 is 0 Å². The van der Waals surface area contributed by atoms with Crippen LogP contribution in [0.4, 0.5) is 0 Å². The molecule has 3 heterocycles. The second-order valence-electron chi connectivity index (χ2n) is 6.95. The van der Waals surface area contributed by atoms with Gasteiger partial charge in [0, 0.05) is 23.2 Å². The molecule has 1 aromatic carbocycles. The van der Waals surface area contributed by atoms with E-state index in [2.05, 4.69) is 25.7 Å². The Morgan fingerprint density at radius 1 is 1.23 bits per heavy atom. The molecule has 9 heteroatoms. The van der Waals surface area contributed by atoms with Gasteiger partial charge in [0.25, 0.3) is 5.89 Å². The number of halogens is 1. The van der Waals surface area contributed by atoms with E-state index < -0.39 is 0 Å². The van der Waals surface area contributed by atoms with Gasteiger partial charge in [0.05, 0.1) is 12.1 Å². The first-order chi connectivity index (χ1) is 14.5. The summed E-state index contributed by atoms with van der Waals surface area (Å²) in [5.41, 5.74) is 2.15. The van der Waals surface area contributed by atoms with Gasteiger partial charge >= 0.3 is 0 Å². The lowest BCUT2D eigenvalue weighted by Crippen LogP contribution is -2.21. The van der Waals surface area contributed by atoms with E-state index in [1.165, 1.54) is 6.08 Å². The summed E-state index contributed by atoms with van der Waals surface area (Å²) in [7, 11) is 0. The number of fused-ring (bicyclic) bond motifs is 1. The van der Waals surface area contributed by atoms with Gasteiger partial charge in [-0.1, -0.05) is 42.7 Å². The second-order valence-corrected chi connectivity index (χ2v) is 7.38. The number of hydrogen-bond donors (Lipinski definition) is 1. The number of benzene rings is 1. The molecule has 0 fully saturated rings. The first kappa shape index (κ1) is 19.8. The molecule has 1 N–H and O–H groups in total. The molecule has 0 aliphatic rings. The standard InChI is InChI=1S/C21H19ClN6O2/c1-13(2)19-24-21(30-27-19)16-4-3-11-28-17(25-26-20(16)28)12-23-18(29)10-7-14-5-8-15(22)9-6-14/h3-11,13H,12H2,1-2H3,(H,23,29). The highest BCUT2D eigenvalue weighted by atomic mass is 35.5. The first-order valence-corrected chi connectivity index (χ1v) is 9.77. The van der Waals surface area contributed by atoms with Gasteiger partial charge in [-0.2, -0.15) is 4.98 Å². The van der Waals surface area contributed by atoms with Crippen molar-refractivity contribution in [3.8, 4) is 11.5 Å². The largest absolute Gasteiger partial charge is 0.345 e. The third-order valence-corrected chi connectivity index (χ3v) is 4.66. The number of amides is 1. The summed E-state index contributed by atoms with van der Waals surface area (Å²) in [4.78, 5) is 16.6. The highest BCUT2D eigenvalue weighted by Crippen LogP contribution is 2.23. The monoisotopic (exact) mass is 422 g/mol. The minimum absolute atomic E-state index is 0.159. The lowest BCUT2D eigenvalue weighted by molar-refractivity contribution is -0.116. The lowest BCUT2D eigenvalue weighted by Gasteiger charge is -2.02. The summed E-state index contributed by atoms with van der Waals surface area (Å²) in [6.07, 6.45) is 5.00. The number of nitrogens with one attached hydrogen (secondary N) is 1. The Bertz CT molecular complexity index is 1210. The highest BCUT2D eigenvalue weighted by Gasteiger charge is 2.17. The van der Waals surface area contributed by atoms with E-state index in [0.29, 0.717) is 33.8 Å². The molecule has 30 heavy (non-hydrogen) atoms. The van der Waals surface area contributed by atoms with Gasteiger partial charge in [-0.05, 0) is 35.9 Å². The van der Waals surface area contributed by atoms with E-state index in [1.807, 2.05) is 44.3 Å². The first-order valence-electron chi connectivity index (χ1n) is 9.39. The molecule has 3 aromatic heterocycles. The summed E-state index contributed by atoms with van der Waals surface area (Å²) in [5, 5.41) is 15.9. The molecule has 4 rings (SSSR count). The van der Waals surface area contributed by atoms with Crippen LogP contribution < -0.4 is 5.32 Å². The van der Waals surface area contributed by atoms with Gasteiger partial charge in [-0.3, -0.25) is 9.20 Å². The molecule has 0 atom stereocenters. The van der Waals surface area contributed by atoms with Crippen LogP contribution in [0.15, 0.2) is 53.2 Å². The topological polar surface area (TPSA) is 98.2 Å². The maximum absolute atomic E-state index is 12.2. The van der Waals surface area contributed by atoms with Crippen molar-refractivity contribution in [2.24, 2.45) is 0 Å². The maximum Gasteiger partial charge on any atom is 0.261 e. The van der Waals surface area contributed by atoms with Gasteiger partial charge in [0.2, 0.25) is 5.91 Å². The molecule has 0 bridgehead atoms. The average molecular weight is 423 g/mol. The number of aromatic nitrogens is 5. The summed E-state index contributed by atoms with van der Waals surface area (Å²) >= 11 is 5.86. The zero-order chi connectivity index (χ0) is 21.1. The van der Waals surface area contributed by atoms with Crippen molar-refractivity contribution in [3.05, 3.63) is 70.9 Å². The van der Waals surface area contributed by atoms with Crippen LogP contribution in [-0.4, -0.2) is 30.6 Å². The molecule has 8 nitrogen and oxygen atoms in total. The summed E-state index contributed by atoms with van der Waals surface area (Å²) in [5.74, 6) is 1.52. The number of hydrogen-bond acceptors (Lipinski definition) is 6. The molecule has 0 unspecified atom stereocenters. The number of nitrogens with zero attached hydrogens (tertiary/aromatic N) is 5. The Morgan fingerprint density at radius 3 is 2.77 bits per heavy atom. The van der Waals surface area contributed by atoms with E-state index in [0.717, 1.165) is 5.56 Å². The van der Waals surface area contributed by atoms with Crippen molar-refractivity contribution in [2.45, 2.75) is 26.3 Å². The Hall–Kier alpha value is -3.52. The molecule has 0 aliphatic heterocycles. The maximum atomic E-state index is 12.2. The van der Waals surface area contributed by atoms with Crippen LogP contribution >= 0.6 is 11.6 Å². The Kier molecular flexibility index (Phi) is 5.58. The predicted octanol–water partition coefficient (Wildman–Crippen LogP) is 3.89. The van der Waals surface area contributed by atoms with Crippen LogP contribution in [0, 0.1) is 0 Å². The van der Waals surface area contributed by atoms with Gasteiger partial charge in [0.1, 0.15) is 0 Å². The third kappa shape index (κ3) is 4.23. The van der Waals surface area contributed by atoms with Gasteiger partial charge in [-0.15, -0.1) is 10.2 Å². The lowest BCUT2D eigenvalue weighted by atomic mass is 10.2. The minimum atomic E-state index is -0.240. The van der Waals surface area contributed by atoms with Crippen LogP contribution in [0.2, 0.25) is 5.02 Å². The molecular formula is C21H19ClN6O2. The fourth-order valence-electron chi connectivity index (χ4n) is 2.80. The quantitative estimate of drug-likeness (QED) is 0.473. The fourth-order valence-corrected chi connectivity index (χ4v) is 2.93. The van der Waals surface area contributed by atoms with Crippen LogP contribution in [0.5, 0.6) is 0 Å². The van der Waals surface area contributed by atoms with E-state index in [9.17, 15) is 4.79 Å². The van der Waals surface area contributed by atoms with Crippen LogP contribution in [0.3, 0.4) is 0 Å². The molecule has 0 radical (unpaired) electrons. The van der Waals surface area contributed by atoms with Crippen molar-refractivity contribution in [1.82, 2.24) is 30.1 Å². The number of carbonyl (C=O) groups is 1. The van der Waals surface area contributed by atoms with Crippen molar-refractivity contribution in [1.29, 1.82) is 0 Å². The normalized spacial score (nSPS) is 11.6. The molecular weight excluding hydrogens is 404 g/mol. The second kappa shape index (κ2) is 8.46. The van der Waals surface area contributed by atoms with Crippen molar-refractivity contribution >= 4 is 29.2 Å². The van der Waals surface area contributed by atoms with Crippen LogP contribution in [0.25, 0.3) is 23.2 Å². The molecule has 0 saturated heterocycles. The Labute approximate surface area is 177 Å². The number of carbonyl (C=O) groups excluding carboxylic acids is 1. The Morgan fingerprint density at radius 2 is 2.03 bits per heavy atom. The van der Waals surface area contributed by atoms with E-state index in [-0.39, 0.29) is 18.4 Å². The highest BCUT2D eigenvalue weighted by molar-refractivity contribution is 6.30. The van der Waals surface area contributed by atoms with Gasteiger partial charge in [-0.25, -0.2) is 0 Å². The van der Waals surface area contributed by atoms with Crippen molar-refractivity contribution in [2.75, 3.05) is 0 Å². The van der Waals surface area contributed by atoms with Crippen molar-refractivity contribution in [3.63, 3.8) is 0 Å². The summed E-state index contributed by atoms with van der Waals surface area (Å²) < 4.78 is 7.17. The van der Waals surface area contributed by atoms with E-state index in [1.54, 1.807) is 22.6 Å². The molecule has 1 amide bonds. The van der Waals surface area contributed by atoms with Crippen LogP contribution in [-0.2, 0) is 11.3 Å². The predicted molar refractivity (Wildman–Crippen MR) is 113 cm³/mol. The molecule has 0 aliphatic carbocycles. The molecule has 0 saturated carbocycles. The smallest absolute Gasteiger partial charge is 0.261 e. The fraction of sp³-hybridized carbons (Fsp3) is 0.190. The van der Waals surface area contributed by atoms with Crippen molar-refractivity contribution < 1.29 is 9.32 Å². The Balaban J connectivity index is 1.48. The average Bonchev–Trinajstić information content (AvgIpc) is 3.39. The molecule has 0 spiro atoms. The summed E-state index contributed by atoms with van der Waals surface area (Å²) in [6.45, 7) is 4.21.